The molecule has 0 spiro atoms. The molecule has 2 aromatic rings. The molecular weight excluding hydrogens is 298 g/mol. The Hall–Kier alpha value is -2.40. The van der Waals surface area contributed by atoms with Gasteiger partial charge in [0, 0.05) is 17.4 Å². The van der Waals surface area contributed by atoms with Gasteiger partial charge in [0.15, 0.2) is 0 Å². The fourth-order valence-corrected chi connectivity index (χ4v) is 2.66. The van der Waals surface area contributed by atoms with Gasteiger partial charge in [-0.3, -0.25) is 4.79 Å². The zero-order chi connectivity index (χ0) is 15.8. The number of ether oxygens (including phenoxy) is 1. The normalized spacial score (nSPS) is 9.86. The molecule has 0 atom stereocenters. The van der Waals surface area contributed by atoms with Crippen LogP contribution in [0, 0.1) is 0 Å². The van der Waals surface area contributed by atoms with E-state index in [4.69, 9.17) is 9.84 Å². The predicted molar refractivity (Wildman–Crippen MR) is 87.7 cm³/mol. The van der Waals surface area contributed by atoms with E-state index in [9.17, 15) is 4.79 Å². The first kappa shape index (κ1) is 16.0. The Labute approximate surface area is 133 Å². The quantitative estimate of drug-likeness (QED) is 0.907. The Morgan fingerprint density at radius 2 is 1.91 bits per heavy atom. The van der Waals surface area contributed by atoms with Crippen molar-refractivity contribution in [3.63, 3.8) is 0 Å². The van der Waals surface area contributed by atoms with Crippen LogP contribution in [0.25, 0.3) is 10.6 Å². The van der Waals surface area contributed by atoms with Crippen molar-refractivity contribution in [1.82, 2.24) is 4.98 Å². The van der Waals surface area contributed by atoms with E-state index >= 15 is 0 Å². The van der Waals surface area contributed by atoms with Crippen LogP contribution >= 0.6 is 11.3 Å². The minimum absolute atomic E-state index is 0.0999. The second-order valence-corrected chi connectivity index (χ2v) is 5.39. The first-order chi connectivity index (χ1) is 10.7. The molecule has 0 unspecified atom stereocenters. The summed E-state index contributed by atoms with van der Waals surface area (Å²) >= 11 is 1.51. The summed E-state index contributed by atoms with van der Waals surface area (Å²) in [6.45, 7) is 0. The van der Waals surface area contributed by atoms with Crippen molar-refractivity contribution in [3.8, 4) is 16.3 Å². The van der Waals surface area contributed by atoms with Gasteiger partial charge in [0.2, 0.25) is 0 Å². The van der Waals surface area contributed by atoms with Gasteiger partial charge in [-0.25, -0.2) is 4.98 Å². The maximum atomic E-state index is 10.6. The van der Waals surface area contributed by atoms with Gasteiger partial charge in [0.05, 0.1) is 19.2 Å². The summed E-state index contributed by atoms with van der Waals surface area (Å²) in [6.07, 6.45) is 0.553. The highest BCUT2D eigenvalue weighted by atomic mass is 32.1. The van der Waals surface area contributed by atoms with Crippen molar-refractivity contribution in [2.24, 2.45) is 0 Å². The summed E-state index contributed by atoms with van der Waals surface area (Å²) in [4.78, 5) is 15.1. The Bertz CT molecular complexity index is 696. The van der Waals surface area contributed by atoms with Crippen LogP contribution in [0.15, 0.2) is 53.9 Å². The largest absolute Gasteiger partial charge is 0.497 e. The van der Waals surface area contributed by atoms with Crippen LogP contribution in [0.3, 0.4) is 0 Å². The Kier molecular flexibility index (Phi) is 5.91. The van der Waals surface area contributed by atoms with Gasteiger partial charge < -0.3 is 9.84 Å². The van der Waals surface area contributed by atoms with Crippen LogP contribution in [0.5, 0.6) is 5.75 Å². The van der Waals surface area contributed by atoms with Crippen LogP contribution < -0.4 is 4.74 Å². The van der Waals surface area contributed by atoms with E-state index in [1.807, 2.05) is 53.9 Å². The summed E-state index contributed by atoms with van der Waals surface area (Å²) in [7, 11) is 1.63. The molecular formula is C17H17NO3S. The highest BCUT2D eigenvalue weighted by Crippen LogP contribution is 2.23. The molecule has 114 valence electrons. The second kappa shape index (κ2) is 8.14. The summed E-state index contributed by atoms with van der Waals surface area (Å²) in [6, 6.07) is 15.4. The van der Waals surface area contributed by atoms with Crippen molar-refractivity contribution < 1.29 is 14.6 Å². The number of aromatic nitrogens is 1. The van der Waals surface area contributed by atoms with Gasteiger partial charge in [0.25, 0.3) is 0 Å². The van der Waals surface area contributed by atoms with Crippen molar-refractivity contribution in [2.45, 2.75) is 12.8 Å². The first-order valence-electron chi connectivity index (χ1n) is 6.83. The summed E-state index contributed by atoms with van der Waals surface area (Å²) in [5, 5.41) is 11.5. The minimum atomic E-state index is -0.806. The number of carboxylic acid groups (broad SMARTS) is 1. The molecule has 0 radical (unpaired) electrons. The first-order valence-corrected chi connectivity index (χ1v) is 7.71. The molecule has 22 heavy (non-hydrogen) atoms. The average Bonchev–Trinajstić information content (AvgIpc) is 2.98. The Morgan fingerprint density at radius 1 is 1.18 bits per heavy atom. The SMILES string of the molecule is COc1cccccc(-c2nc(CCC(=O)O)cs2)ccc1. The molecule has 0 aliphatic carbocycles. The average molecular weight is 315 g/mol. The smallest absolute Gasteiger partial charge is 0.303 e. The number of hydrogen-bond donors (Lipinski definition) is 1. The standard InChI is InChI=1S/C17H17NO3S/c1-21-15-8-4-2-3-6-13(7-5-9-15)17-18-14(12-22-17)10-11-16(19)20/h2-9,12H,10-11H2,1H3,(H,19,20). The Morgan fingerprint density at radius 3 is 2.68 bits per heavy atom. The molecule has 0 fully saturated rings. The maximum Gasteiger partial charge on any atom is 0.303 e. The van der Waals surface area contributed by atoms with Crippen molar-refractivity contribution >= 4 is 17.3 Å². The van der Waals surface area contributed by atoms with Gasteiger partial charge in [-0.15, -0.1) is 11.3 Å². The zero-order valence-electron chi connectivity index (χ0n) is 12.2. The molecule has 2 rings (SSSR count). The lowest BCUT2D eigenvalue weighted by atomic mass is 10.2. The second-order valence-electron chi connectivity index (χ2n) is 4.54. The van der Waals surface area contributed by atoms with Crippen LogP contribution in [-0.2, 0) is 11.2 Å². The maximum absolute atomic E-state index is 10.6. The van der Waals surface area contributed by atoms with Gasteiger partial charge in [-0.1, -0.05) is 36.4 Å². The molecule has 4 nitrogen and oxygen atoms in total. The summed E-state index contributed by atoms with van der Waals surface area (Å²) in [5.74, 6) is -0.0391. The number of rotatable bonds is 5. The Balaban J connectivity index is 2.29. The lowest BCUT2D eigenvalue weighted by Gasteiger charge is -1.95. The van der Waals surface area contributed by atoms with Crippen LogP contribution in [0.4, 0.5) is 0 Å². The number of aryl methyl sites for hydroxylation is 1. The van der Waals surface area contributed by atoms with Gasteiger partial charge >= 0.3 is 5.97 Å². The van der Waals surface area contributed by atoms with Crippen LogP contribution in [-0.4, -0.2) is 23.2 Å². The van der Waals surface area contributed by atoms with E-state index in [2.05, 4.69) is 4.98 Å². The van der Waals surface area contributed by atoms with E-state index in [0.29, 0.717) is 6.42 Å². The van der Waals surface area contributed by atoms with E-state index in [-0.39, 0.29) is 6.42 Å². The molecule has 0 saturated carbocycles. The van der Waals surface area contributed by atoms with Crippen molar-refractivity contribution in [2.75, 3.05) is 7.11 Å². The monoisotopic (exact) mass is 315 g/mol. The molecule has 1 heterocycles. The molecule has 0 saturated heterocycles. The fourth-order valence-electron chi connectivity index (χ4n) is 1.80. The molecule has 0 aliphatic rings. The highest BCUT2D eigenvalue weighted by molar-refractivity contribution is 7.13. The van der Waals surface area contributed by atoms with E-state index in [1.54, 1.807) is 7.11 Å². The summed E-state index contributed by atoms with van der Waals surface area (Å²) < 4.78 is 5.22. The summed E-state index contributed by atoms with van der Waals surface area (Å²) in [5.41, 5.74) is 1.79. The molecule has 1 N–H and O–H groups in total. The molecule has 0 aliphatic heterocycles. The van der Waals surface area contributed by atoms with Crippen LogP contribution in [0.2, 0.25) is 0 Å². The van der Waals surface area contributed by atoms with E-state index < -0.39 is 5.97 Å². The van der Waals surface area contributed by atoms with Crippen molar-refractivity contribution in [3.05, 3.63) is 59.6 Å². The predicted octanol–water partition coefficient (Wildman–Crippen LogP) is 3.96. The molecule has 0 bridgehead atoms. The number of hydrogen-bond acceptors (Lipinski definition) is 4. The fraction of sp³-hybridized carbons (Fsp3) is 0.176. The third kappa shape index (κ3) is 4.86. The number of carbonyl (C=O) groups is 1. The molecule has 5 heteroatoms. The number of aliphatic carboxylic acids is 1. The van der Waals surface area contributed by atoms with Gasteiger partial charge in [-0.2, -0.15) is 0 Å². The zero-order valence-corrected chi connectivity index (χ0v) is 13.0. The minimum Gasteiger partial charge on any atom is -0.497 e. The number of carboxylic acids is 1. The van der Waals surface area contributed by atoms with Crippen LogP contribution in [0.1, 0.15) is 12.1 Å². The third-order valence-corrected chi connectivity index (χ3v) is 3.86. The number of nitrogens with zero attached hydrogens (tertiary/aromatic N) is 1. The molecule has 1 aromatic carbocycles. The van der Waals surface area contributed by atoms with E-state index in [0.717, 1.165) is 22.0 Å². The number of thiazole rings is 1. The lowest BCUT2D eigenvalue weighted by molar-refractivity contribution is -0.136. The number of methoxy groups -OCH3 is 1. The van der Waals surface area contributed by atoms with Crippen molar-refractivity contribution in [1.29, 1.82) is 0 Å². The van der Waals surface area contributed by atoms with E-state index in [1.165, 1.54) is 11.3 Å². The highest BCUT2D eigenvalue weighted by Gasteiger charge is 2.05. The topological polar surface area (TPSA) is 59.4 Å². The van der Waals surface area contributed by atoms with Gasteiger partial charge in [0.1, 0.15) is 10.8 Å². The lowest BCUT2D eigenvalue weighted by Crippen LogP contribution is -1.97. The third-order valence-electron chi connectivity index (χ3n) is 2.92. The molecule has 0 amide bonds. The molecule has 1 aromatic heterocycles. The van der Waals surface area contributed by atoms with Gasteiger partial charge in [-0.05, 0) is 12.1 Å².